The monoisotopic (exact) mass is 462 g/mol. The highest BCUT2D eigenvalue weighted by atomic mass is 79.9. The van der Waals surface area contributed by atoms with E-state index in [2.05, 4.69) is 71.4 Å². The highest BCUT2D eigenvalue weighted by Crippen LogP contribution is 2.28. The van der Waals surface area contributed by atoms with E-state index >= 15 is 0 Å². The van der Waals surface area contributed by atoms with E-state index in [0.29, 0.717) is 16.7 Å². The molecule has 2 aromatic heterocycles. The fourth-order valence-electron chi connectivity index (χ4n) is 3.33. The van der Waals surface area contributed by atoms with Gasteiger partial charge >= 0.3 is 0 Å². The minimum Gasteiger partial charge on any atom is -0.346 e. The van der Waals surface area contributed by atoms with Gasteiger partial charge in [0.1, 0.15) is 4.60 Å². The summed E-state index contributed by atoms with van der Waals surface area (Å²) in [6.45, 7) is 6.89. The molecule has 6 heteroatoms. The van der Waals surface area contributed by atoms with Crippen LogP contribution >= 0.6 is 15.9 Å². The van der Waals surface area contributed by atoms with Crippen LogP contribution in [0.25, 0.3) is 16.9 Å². The first-order valence-corrected chi connectivity index (χ1v) is 10.6. The minimum absolute atomic E-state index is 0.0797. The van der Waals surface area contributed by atoms with Crippen molar-refractivity contribution in [3.8, 4) is 11.3 Å². The summed E-state index contributed by atoms with van der Waals surface area (Å²) in [6.07, 6.45) is 0. The van der Waals surface area contributed by atoms with Crippen LogP contribution in [0.1, 0.15) is 42.4 Å². The maximum Gasteiger partial charge on any atom is 0.251 e. The van der Waals surface area contributed by atoms with E-state index in [1.54, 1.807) is 16.6 Å². The molecule has 5 nitrogen and oxygen atoms in total. The number of nitrogens with zero attached hydrogens (tertiary/aromatic N) is 3. The summed E-state index contributed by atoms with van der Waals surface area (Å²) in [5.41, 5.74) is 5.33. The third-order valence-corrected chi connectivity index (χ3v) is 5.44. The molecule has 0 aliphatic carbocycles. The van der Waals surface area contributed by atoms with E-state index in [4.69, 9.17) is 4.98 Å². The van der Waals surface area contributed by atoms with Gasteiger partial charge < -0.3 is 5.32 Å². The first kappa shape index (κ1) is 20.3. The number of nitrogens with one attached hydrogen (secondary N) is 1. The lowest BCUT2D eigenvalue weighted by atomic mass is 9.86. The zero-order valence-corrected chi connectivity index (χ0v) is 18.8. The molecule has 2 aromatic carbocycles. The van der Waals surface area contributed by atoms with E-state index in [9.17, 15) is 4.79 Å². The predicted octanol–water partition coefficient (Wildman–Crippen LogP) is 5.39. The van der Waals surface area contributed by atoms with E-state index in [-0.39, 0.29) is 11.3 Å². The average Bonchev–Trinajstić information content (AvgIpc) is 3.09. The number of aromatic nitrogens is 3. The Balaban J connectivity index is 1.72. The standard InChI is InChI=1S/C24H23BrN4O/c1-24(2,3)18-11-9-16(10-12-18)22-19(29-21(27-22)14-13-20(25)28-29)15-26-23(30)17-7-5-4-6-8-17/h4-14H,15H2,1-3H3,(H,26,30). The van der Waals surface area contributed by atoms with Crippen LogP contribution in [0.5, 0.6) is 0 Å². The van der Waals surface area contributed by atoms with Crippen molar-refractivity contribution in [3.63, 3.8) is 0 Å². The highest BCUT2D eigenvalue weighted by molar-refractivity contribution is 9.10. The number of imidazole rings is 1. The van der Waals surface area contributed by atoms with Crippen molar-refractivity contribution in [1.82, 2.24) is 19.9 Å². The fraction of sp³-hybridized carbons (Fsp3) is 0.208. The molecule has 0 radical (unpaired) electrons. The molecule has 1 amide bonds. The lowest BCUT2D eigenvalue weighted by Gasteiger charge is -2.19. The van der Waals surface area contributed by atoms with Gasteiger partial charge in [0.15, 0.2) is 5.65 Å². The molecule has 4 aromatic rings. The van der Waals surface area contributed by atoms with Crippen LogP contribution in [0.4, 0.5) is 0 Å². The second-order valence-corrected chi connectivity index (χ2v) is 9.02. The average molecular weight is 463 g/mol. The molecule has 4 rings (SSSR count). The molecule has 1 N–H and O–H groups in total. The van der Waals surface area contributed by atoms with Crippen molar-refractivity contribution < 1.29 is 4.79 Å². The molecule has 152 valence electrons. The Morgan fingerprint density at radius 3 is 2.37 bits per heavy atom. The van der Waals surface area contributed by atoms with Crippen molar-refractivity contribution in [2.24, 2.45) is 0 Å². The van der Waals surface area contributed by atoms with E-state index in [0.717, 1.165) is 22.6 Å². The van der Waals surface area contributed by atoms with Crippen molar-refractivity contribution in [2.45, 2.75) is 32.7 Å². The van der Waals surface area contributed by atoms with E-state index < -0.39 is 0 Å². The number of hydrogen-bond donors (Lipinski definition) is 1. The Morgan fingerprint density at radius 2 is 1.70 bits per heavy atom. The number of benzene rings is 2. The zero-order chi connectivity index (χ0) is 21.3. The van der Waals surface area contributed by atoms with Crippen LogP contribution in [0.3, 0.4) is 0 Å². The van der Waals surface area contributed by atoms with Crippen molar-refractivity contribution in [1.29, 1.82) is 0 Å². The Hall–Kier alpha value is -2.99. The Kier molecular flexibility index (Phi) is 5.43. The number of carbonyl (C=O) groups is 1. The molecule has 0 saturated carbocycles. The fourth-order valence-corrected chi connectivity index (χ4v) is 3.62. The summed E-state index contributed by atoms with van der Waals surface area (Å²) in [6, 6.07) is 21.4. The summed E-state index contributed by atoms with van der Waals surface area (Å²) >= 11 is 3.43. The molecule has 0 spiro atoms. The maximum absolute atomic E-state index is 12.6. The third kappa shape index (κ3) is 4.14. The largest absolute Gasteiger partial charge is 0.346 e. The molecule has 0 fully saturated rings. The Labute approximate surface area is 184 Å². The normalized spacial score (nSPS) is 11.6. The molecular formula is C24H23BrN4O. The van der Waals surface area contributed by atoms with Crippen LogP contribution in [0.15, 0.2) is 71.3 Å². The number of halogens is 1. The van der Waals surface area contributed by atoms with Gasteiger partial charge in [-0.2, -0.15) is 5.10 Å². The number of carbonyl (C=O) groups excluding carboxylic acids is 1. The lowest BCUT2D eigenvalue weighted by molar-refractivity contribution is 0.0950. The van der Waals surface area contributed by atoms with Crippen LogP contribution in [-0.4, -0.2) is 20.5 Å². The van der Waals surface area contributed by atoms with Gasteiger partial charge in [-0.1, -0.05) is 63.2 Å². The number of amides is 1. The Bertz CT molecular complexity index is 1190. The summed E-state index contributed by atoms with van der Waals surface area (Å²) in [4.78, 5) is 17.4. The van der Waals surface area contributed by atoms with Crippen molar-refractivity contribution >= 4 is 27.5 Å². The smallest absolute Gasteiger partial charge is 0.251 e. The number of fused-ring (bicyclic) bond motifs is 1. The Morgan fingerprint density at radius 1 is 1.00 bits per heavy atom. The van der Waals surface area contributed by atoms with Crippen molar-refractivity contribution in [2.75, 3.05) is 0 Å². The molecule has 0 aliphatic heterocycles. The summed E-state index contributed by atoms with van der Waals surface area (Å²) in [5, 5.41) is 7.55. The van der Waals surface area contributed by atoms with Gasteiger partial charge in [-0.25, -0.2) is 9.50 Å². The van der Waals surface area contributed by atoms with Crippen LogP contribution in [0.2, 0.25) is 0 Å². The van der Waals surface area contributed by atoms with Gasteiger partial charge in [-0.15, -0.1) is 0 Å². The number of rotatable bonds is 4. The maximum atomic E-state index is 12.6. The molecule has 0 saturated heterocycles. The van der Waals surface area contributed by atoms with E-state index in [1.807, 2.05) is 30.3 Å². The van der Waals surface area contributed by atoms with Gasteiger partial charge in [0.25, 0.3) is 5.91 Å². The van der Waals surface area contributed by atoms with Gasteiger partial charge in [0.2, 0.25) is 0 Å². The molecular weight excluding hydrogens is 440 g/mol. The highest BCUT2D eigenvalue weighted by Gasteiger charge is 2.18. The van der Waals surface area contributed by atoms with Gasteiger partial charge in [-0.3, -0.25) is 4.79 Å². The predicted molar refractivity (Wildman–Crippen MR) is 122 cm³/mol. The van der Waals surface area contributed by atoms with Gasteiger partial charge in [-0.05, 0) is 51.2 Å². The quantitative estimate of drug-likeness (QED) is 0.442. The summed E-state index contributed by atoms with van der Waals surface area (Å²) in [7, 11) is 0. The molecule has 0 atom stereocenters. The van der Waals surface area contributed by atoms with Crippen molar-refractivity contribution in [3.05, 3.63) is 88.2 Å². The van der Waals surface area contributed by atoms with Crippen LogP contribution in [-0.2, 0) is 12.0 Å². The van der Waals surface area contributed by atoms with E-state index in [1.165, 1.54) is 5.56 Å². The number of hydrogen-bond acceptors (Lipinski definition) is 3. The second-order valence-electron chi connectivity index (χ2n) is 8.21. The second kappa shape index (κ2) is 8.03. The molecule has 0 bridgehead atoms. The topological polar surface area (TPSA) is 59.3 Å². The lowest BCUT2D eigenvalue weighted by Crippen LogP contribution is -2.24. The molecule has 2 heterocycles. The van der Waals surface area contributed by atoms with Gasteiger partial charge in [0, 0.05) is 11.1 Å². The van der Waals surface area contributed by atoms with Gasteiger partial charge in [0.05, 0.1) is 17.9 Å². The first-order chi connectivity index (χ1) is 14.3. The molecule has 0 aliphatic rings. The van der Waals surface area contributed by atoms with Crippen LogP contribution < -0.4 is 5.32 Å². The zero-order valence-electron chi connectivity index (χ0n) is 17.2. The molecule has 0 unspecified atom stereocenters. The summed E-state index contributed by atoms with van der Waals surface area (Å²) < 4.78 is 2.49. The van der Waals surface area contributed by atoms with Crippen LogP contribution in [0, 0.1) is 0 Å². The first-order valence-electron chi connectivity index (χ1n) is 9.81. The third-order valence-electron chi connectivity index (χ3n) is 5.01. The SMILES string of the molecule is CC(C)(C)c1ccc(-c2nc3ccc(Br)nn3c2CNC(=O)c2ccccc2)cc1. The molecule has 30 heavy (non-hydrogen) atoms. The summed E-state index contributed by atoms with van der Waals surface area (Å²) in [5.74, 6) is -0.130. The minimum atomic E-state index is -0.130.